The molecule has 0 unspecified atom stereocenters. The van der Waals surface area contributed by atoms with Crippen molar-refractivity contribution >= 4 is 23.1 Å². The molecule has 0 atom stereocenters. The van der Waals surface area contributed by atoms with Gasteiger partial charge in [-0.3, -0.25) is 9.59 Å². The summed E-state index contributed by atoms with van der Waals surface area (Å²) < 4.78 is 0. The van der Waals surface area contributed by atoms with Crippen LogP contribution in [0.4, 0.5) is 5.69 Å². The Morgan fingerprint density at radius 2 is 1.80 bits per heavy atom. The Morgan fingerprint density at radius 1 is 1.12 bits per heavy atom. The third-order valence-corrected chi connectivity index (χ3v) is 4.18. The quantitative estimate of drug-likeness (QED) is 0.690. The Hall–Kier alpha value is -3.39. The minimum Gasteiger partial charge on any atom is -0.351 e. The molecule has 25 heavy (non-hydrogen) atoms. The van der Waals surface area contributed by atoms with Crippen LogP contribution in [0.15, 0.2) is 60.2 Å². The summed E-state index contributed by atoms with van der Waals surface area (Å²) in [7, 11) is 1.64. The SMILES string of the molecule is CN1C(=O)/C(=C(\C#N)C(=O)NCCc2ccccc2)c2ccccc21. The minimum absolute atomic E-state index is 0.144. The molecule has 0 aromatic heterocycles. The number of benzene rings is 2. The first kappa shape index (κ1) is 16.5. The predicted octanol–water partition coefficient (Wildman–Crippen LogP) is 2.30. The lowest BCUT2D eigenvalue weighted by Crippen LogP contribution is -2.29. The van der Waals surface area contributed by atoms with Gasteiger partial charge in [0.25, 0.3) is 11.8 Å². The standard InChI is InChI=1S/C20H17N3O2/c1-23-17-10-6-5-9-15(17)18(20(23)25)16(13-21)19(24)22-12-11-14-7-3-2-4-8-14/h2-10H,11-12H2,1H3,(H,22,24)/b18-16+. The lowest BCUT2D eigenvalue weighted by molar-refractivity contribution is -0.117. The van der Waals surface area contributed by atoms with Crippen molar-refractivity contribution in [3.8, 4) is 6.07 Å². The average Bonchev–Trinajstić information content (AvgIpc) is 2.89. The van der Waals surface area contributed by atoms with Crippen LogP contribution in [0.3, 0.4) is 0 Å². The fraction of sp³-hybridized carbons (Fsp3) is 0.150. The summed E-state index contributed by atoms with van der Waals surface area (Å²) in [5.41, 5.74) is 2.43. The number of carbonyl (C=O) groups excluding carboxylic acids is 2. The number of amides is 2. The molecule has 0 radical (unpaired) electrons. The fourth-order valence-electron chi connectivity index (χ4n) is 2.89. The van der Waals surface area contributed by atoms with Gasteiger partial charge in [-0.25, -0.2) is 0 Å². The zero-order chi connectivity index (χ0) is 17.8. The van der Waals surface area contributed by atoms with Crippen LogP contribution in [0.2, 0.25) is 0 Å². The minimum atomic E-state index is -0.521. The number of likely N-dealkylation sites (N-methyl/N-ethyl adjacent to an activating group) is 1. The third-order valence-electron chi connectivity index (χ3n) is 4.18. The molecule has 0 bridgehead atoms. The van der Waals surface area contributed by atoms with Gasteiger partial charge in [-0.05, 0) is 18.1 Å². The molecule has 0 saturated carbocycles. The first-order chi connectivity index (χ1) is 12.1. The van der Waals surface area contributed by atoms with Crippen LogP contribution < -0.4 is 10.2 Å². The van der Waals surface area contributed by atoms with Crippen molar-refractivity contribution in [2.45, 2.75) is 6.42 Å². The number of anilines is 1. The van der Waals surface area contributed by atoms with E-state index in [1.165, 1.54) is 4.90 Å². The Bertz CT molecular complexity index is 895. The summed E-state index contributed by atoms with van der Waals surface area (Å²) in [6.07, 6.45) is 0.658. The Kier molecular flexibility index (Phi) is 4.62. The molecule has 0 saturated heterocycles. The van der Waals surface area contributed by atoms with Gasteiger partial charge in [0.15, 0.2) is 0 Å². The molecule has 1 aliphatic heterocycles. The second-order valence-electron chi connectivity index (χ2n) is 5.73. The lowest BCUT2D eigenvalue weighted by Gasteiger charge is -2.08. The largest absolute Gasteiger partial charge is 0.351 e. The van der Waals surface area contributed by atoms with Gasteiger partial charge in [0.1, 0.15) is 11.6 Å². The summed E-state index contributed by atoms with van der Waals surface area (Å²) in [4.78, 5) is 26.4. The van der Waals surface area contributed by atoms with Gasteiger partial charge in [0.05, 0.1) is 11.3 Å². The monoisotopic (exact) mass is 331 g/mol. The molecule has 124 valence electrons. The fourth-order valence-corrected chi connectivity index (χ4v) is 2.89. The number of nitrogens with one attached hydrogen (secondary N) is 1. The molecule has 0 spiro atoms. The summed E-state index contributed by atoms with van der Waals surface area (Å²) >= 11 is 0. The summed E-state index contributed by atoms with van der Waals surface area (Å²) in [5.74, 6) is -0.858. The molecule has 5 heteroatoms. The maximum absolute atomic E-state index is 12.5. The van der Waals surface area contributed by atoms with E-state index >= 15 is 0 Å². The van der Waals surface area contributed by atoms with Crippen molar-refractivity contribution in [1.82, 2.24) is 5.32 Å². The van der Waals surface area contributed by atoms with Crippen LogP contribution in [0.5, 0.6) is 0 Å². The first-order valence-electron chi connectivity index (χ1n) is 7.97. The van der Waals surface area contributed by atoms with Gasteiger partial charge in [0.2, 0.25) is 0 Å². The third kappa shape index (κ3) is 3.15. The van der Waals surface area contributed by atoms with E-state index in [4.69, 9.17) is 0 Å². The van der Waals surface area contributed by atoms with Crippen molar-refractivity contribution in [3.63, 3.8) is 0 Å². The number of hydrogen-bond donors (Lipinski definition) is 1. The molecule has 1 heterocycles. The summed E-state index contributed by atoms with van der Waals surface area (Å²) in [5, 5.41) is 12.2. The number of rotatable bonds is 4. The number of nitriles is 1. The zero-order valence-electron chi connectivity index (χ0n) is 13.8. The maximum Gasteiger partial charge on any atom is 0.262 e. The normalized spacial score (nSPS) is 14.7. The number of carbonyl (C=O) groups is 2. The Morgan fingerprint density at radius 3 is 2.52 bits per heavy atom. The number of hydrogen-bond acceptors (Lipinski definition) is 3. The molecule has 1 aliphatic rings. The van der Waals surface area contributed by atoms with Crippen LogP contribution in [-0.4, -0.2) is 25.4 Å². The van der Waals surface area contributed by atoms with E-state index in [-0.39, 0.29) is 17.1 Å². The van der Waals surface area contributed by atoms with Crippen LogP contribution in [0.25, 0.3) is 5.57 Å². The molecule has 3 rings (SSSR count). The topological polar surface area (TPSA) is 73.2 Å². The summed E-state index contributed by atoms with van der Waals surface area (Å²) in [6.45, 7) is 0.396. The highest BCUT2D eigenvalue weighted by Gasteiger charge is 2.34. The second kappa shape index (κ2) is 7.02. The maximum atomic E-state index is 12.5. The van der Waals surface area contributed by atoms with E-state index in [1.807, 2.05) is 42.5 Å². The molecule has 0 aliphatic carbocycles. The molecule has 2 aromatic carbocycles. The van der Waals surface area contributed by atoms with E-state index in [2.05, 4.69) is 5.32 Å². The highest BCUT2D eigenvalue weighted by Crippen LogP contribution is 2.37. The number of nitrogens with zero attached hydrogens (tertiary/aromatic N) is 2. The highest BCUT2D eigenvalue weighted by atomic mass is 16.2. The number of fused-ring (bicyclic) bond motifs is 1. The van der Waals surface area contributed by atoms with Crippen LogP contribution in [0, 0.1) is 11.3 Å². The predicted molar refractivity (Wildman–Crippen MR) is 95.5 cm³/mol. The van der Waals surface area contributed by atoms with E-state index in [0.717, 1.165) is 5.56 Å². The van der Waals surface area contributed by atoms with Gasteiger partial charge < -0.3 is 10.2 Å². The molecule has 2 aromatic rings. The molecule has 1 N–H and O–H groups in total. The van der Waals surface area contributed by atoms with Crippen molar-refractivity contribution in [2.24, 2.45) is 0 Å². The average molecular weight is 331 g/mol. The highest BCUT2D eigenvalue weighted by molar-refractivity contribution is 6.36. The Labute approximate surface area is 146 Å². The van der Waals surface area contributed by atoms with Crippen molar-refractivity contribution in [1.29, 1.82) is 5.26 Å². The van der Waals surface area contributed by atoms with Gasteiger partial charge >= 0.3 is 0 Å². The summed E-state index contributed by atoms with van der Waals surface area (Å²) in [6, 6.07) is 18.8. The van der Waals surface area contributed by atoms with Gasteiger partial charge in [-0.15, -0.1) is 0 Å². The van der Waals surface area contributed by atoms with Gasteiger partial charge in [0, 0.05) is 19.2 Å². The van der Waals surface area contributed by atoms with Crippen molar-refractivity contribution in [2.75, 3.05) is 18.5 Å². The van der Waals surface area contributed by atoms with E-state index in [9.17, 15) is 14.9 Å². The molecule has 2 amide bonds. The van der Waals surface area contributed by atoms with Gasteiger partial charge in [-0.1, -0.05) is 48.5 Å². The van der Waals surface area contributed by atoms with E-state index in [0.29, 0.717) is 24.2 Å². The van der Waals surface area contributed by atoms with E-state index in [1.54, 1.807) is 25.2 Å². The van der Waals surface area contributed by atoms with Crippen LogP contribution in [0.1, 0.15) is 11.1 Å². The molecule has 5 nitrogen and oxygen atoms in total. The van der Waals surface area contributed by atoms with Crippen molar-refractivity contribution < 1.29 is 9.59 Å². The Balaban J connectivity index is 1.82. The van der Waals surface area contributed by atoms with Gasteiger partial charge in [-0.2, -0.15) is 5.26 Å². The van der Waals surface area contributed by atoms with Crippen molar-refractivity contribution in [3.05, 3.63) is 71.3 Å². The second-order valence-corrected chi connectivity index (χ2v) is 5.73. The molecular formula is C20H17N3O2. The molecular weight excluding hydrogens is 314 g/mol. The van der Waals surface area contributed by atoms with E-state index < -0.39 is 5.91 Å². The number of para-hydroxylation sites is 1. The van der Waals surface area contributed by atoms with Crippen LogP contribution >= 0.6 is 0 Å². The smallest absolute Gasteiger partial charge is 0.262 e. The van der Waals surface area contributed by atoms with Crippen LogP contribution in [-0.2, 0) is 16.0 Å². The molecule has 0 fully saturated rings. The first-order valence-corrected chi connectivity index (χ1v) is 7.97. The lowest BCUT2D eigenvalue weighted by atomic mass is 10.0. The zero-order valence-corrected chi connectivity index (χ0v) is 13.8.